The molecule has 0 amide bonds. The van der Waals surface area contributed by atoms with E-state index in [0.717, 1.165) is 6.42 Å². The van der Waals surface area contributed by atoms with Crippen molar-refractivity contribution in [3.05, 3.63) is 0 Å². The van der Waals surface area contributed by atoms with Crippen molar-refractivity contribution in [3.8, 4) is 0 Å². The first-order chi connectivity index (χ1) is 4.66. The Balaban J connectivity index is 2.10. The van der Waals surface area contributed by atoms with E-state index in [1.807, 2.05) is 0 Å². The Morgan fingerprint density at radius 2 is 2.20 bits per heavy atom. The Morgan fingerprint density at radius 1 is 1.60 bits per heavy atom. The predicted molar refractivity (Wildman–Crippen MR) is 38.6 cm³/mol. The lowest BCUT2D eigenvalue weighted by molar-refractivity contribution is -0.141. The summed E-state index contributed by atoms with van der Waals surface area (Å²) in [5.41, 5.74) is 0.480. The largest absolute Gasteiger partial charge is 0.469 e. The van der Waals surface area contributed by atoms with Gasteiger partial charge >= 0.3 is 5.97 Å². The molecule has 58 valence electrons. The number of hydrogen-bond acceptors (Lipinski definition) is 2. The Labute approximate surface area is 61.6 Å². The van der Waals surface area contributed by atoms with Gasteiger partial charge in [0.2, 0.25) is 0 Å². The number of methoxy groups -OCH3 is 1. The summed E-state index contributed by atoms with van der Waals surface area (Å²) in [5.74, 6) is -0.0758. The fourth-order valence-corrected chi connectivity index (χ4v) is 0.969. The molecule has 10 heavy (non-hydrogen) atoms. The first-order valence-electron chi connectivity index (χ1n) is 3.73. The number of carbonyl (C=O) groups excluding carboxylic acids is 1. The molecular weight excluding hydrogens is 128 g/mol. The van der Waals surface area contributed by atoms with E-state index < -0.39 is 0 Å². The van der Waals surface area contributed by atoms with E-state index in [-0.39, 0.29) is 5.97 Å². The van der Waals surface area contributed by atoms with Crippen LogP contribution in [0.2, 0.25) is 0 Å². The van der Waals surface area contributed by atoms with Crippen molar-refractivity contribution in [2.24, 2.45) is 5.41 Å². The zero-order chi connectivity index (χ0) is 7.61. The average Bonchev–Trinajstić information content (AvgIpc) is 2.64. The van der Waals surface area contributed by atoms with Crippen LogP contribution >= 0.6 is 0 Å². The standard InChI is InChI=1S/C8H14O2/c1-8(5-6-8)4-3-7(9)10-2/h3-6H2,1-2H3. The van der Waals surface area contributed by atoms with Gasteiger partial charge in [-0.2, -0.15) is 0 Å². The number of ether oxygens (including phenoxy) is 1. The van der Waals surface area contributed by atoms with Crippen LogP contribution in [0.3, 0.4) is 0 Å². The van der Waals surface area contributed by atoms with E-state index in [2.05, 4.69) is 11.7 Å². The SMILES string of the molecule is COC(=O)CCC1(C)CC1. The molecule has 0 atom stereocenters. The molecule has 0 spiro atoms. The van der Waals surface area contributed by atoms with E-state index >= 15 is 0 Å². The monoisotopic (exact) mass is 142 g/mol. The van der Waals surface area contributed by atoms with Crippen LogP contribution in [-0.2, 0) is 9.53 Å². The van der Waals surface area contributed by atoms with Crippen molar-refractivity contribution in [1.29, 1.82) is 0 Å². The maximum absolute atomic E-state index is 10.7. The molecule has 0 unspecified atom stereocenters. The summed E-state index contributed by atoms with van der Waals surface area (Å²) in [5, 5.41) is 0. The molecule has 0 aromatic carbocycles. The number of hydrogen-bond donors (Lipinski definition) is 0. The Morgan fingerprint density at radius 3 is 2.60 bits per heavy atom. The molecule has 1 saturated carbocycles. The molecule has 0 N–H and O–H groups in total. The summed E-state index contributed by atoms with van der Waals surface area (Å²) in [6.07, 6.45) is 4.15. The average molecular weight is 142 g/mol. The number of rotatable bonds is 3. The summed E-state index contributed by atoms with van der Waals surface area (Å²) in [6, 6.07) is 0. The summed E-state index contributed by atoms with van der Waals surface area (Å²) in [6.45, 7) is 2.22. The highest BCUT2D eigenvalue weighted by molar-refractivity contribution is 5.69. The van der Waals surface area contributed by atoms with Gasteiger partial charge in [0, 0.05) is 6.42 Å². The van der Waals surface area contributed by atoms with E-state index in [4.69, 9.17) is 0 Å². The van der Waals surface area contributed by atoms with Crippen LogP contribution in [-0.4, -0.2) is 13.1 Å². The molecule has 2 nitrogen and oxygen atoms in total. The quantitative estimate of drug-likeness (QED) is 0.561. The minimum absolute atomic E-state index is 0.0758. The summed E-state index contributed by atoms with van der Waals surface area (Å²) in [7, 11) is 1.44. The van der Waals surface area contributed by atoms with Gasteiger partial charge in [-0.15, -0.1) is 0 Å². The highest BCUT2D eigenvalue weighted by Crippen LogP contribution is 2.48. The van der Waals surface area contributed by atoms with Crippen molar-refractivity contribution in [1.82, 2.24) is 0 Å². The van der Waals surface area contributed by atoms with Crippen LogP contribution < -0.4 is 0 Å². The first kappa shape index (κ1) is 7.58. The second kappa shape index (κ2) is 2.60. The molecule has 0 aromatic heterocycles. The molecule has 0 radical (unpaired) electrons. The molecule has 0 bridgehead atoms. The van der Waals surface area contributed by atoms with Gasteiger partial charge in [0.1, 0.15) is 0 Å². The molecular formula is C8H14O2. The zero-order valence-corrected chi connectivity index (χ0v) is 6.64. The van der Waals surface area contributed by atoms with Crippen LogP contribution in [0.5, 0.6) is 0 Å². The fourth-order valence-electron chi connectivity index (χ4n) is 0.969. The molecule has 1 fully saturated rings. The maximum Gasteiger partial charge on any atom is 0.305 e. The molecule has 0 saturated heterocycles. The molecule has 2 heteroatoms. The van der Waals surface area contributed by atoms with E-state index in [1.54, 1.807) is 0 Å². The van der Waals surface area contributed by atoms with Gasteiger partial charge in [0.05, 0.1) is 7.11 Å². The lowest BCUT2D eigenvalue weighted by Gasteiger charge is -2.04. The third-order valence-corrected chi connectivity index (χ3v) is 2.26. The molecule has 0 aromatic rings. The van der Waals surface area contributed by atoms with Gasteiger partial charge in [-0.05, 0) is 24.7 Å². The second-order valence-electron chi connectivity index (χ2n) is 3.39. The Hall–Kier alpha value is -0.530. The van der Waals surface area contributed by atoms with Gasteiger partial charge in [-0.3, -0.25) is 4.79 Å². The minimum atomic E-state index is -0.0758. The summed E-state index contributed by atoms with van der Waals surface area (Å²) in [4.78, 5) is 10.7. The molecule has 0 heterocycles. The molecule has 0 aliphatic heterocycles. The van der Waals surface area contributed by atoms with Gasteiger partial charge in [0.25, 0.3) is 0 Å². The third kappa shape index (κ3) is 2.01. The fraction of sp³-hybridized carbons (Fsp3) is 0.875. The lowest BCUT2D eigenvalue weighted by Crippen LogP contribution is -2.03. The minimum Gasteiger partial charge on any atom is -0.469 e. The van der Waals surface area contributed by atoms with Crippen molar-refractivity contribution < 1.29 is 9.53 Å². The topological polar surface area (TPSA) is 26.3 Å². The highest BCUT2D eigenvalue weighted by atomic mass is 16.5. The van der Waals surface area contributed by atoms with Gasteiger partial charge in [0.15, 0.2) is 0 Å². The molecule has 1 rings (SSSR count). The van der Waals surface area contributed by atoms with Crippen LogP contribution in [0.1, 0.15) is 32.6 Å². The lowest BCUT2D eigenvalue weighted by atomic mass is 10.0. The van der Waals surface area contributed by atoms with Crippen LogP contribution in [0, 0.1) is 5.41 Å². The first-order valence-corrected chi connectivity index (χ1v) is 3.73. The number of carbonyl (C=O) groups is 1. The van der Waals surface area contributed by atoms with Crippen LogP contribution in [0.15, 0.2) is 0 Å². The van der Waals surface area contributed by atoms with E-state index in [9.17, 15) is 4.79 Å². The highest BCUT2D eigenvalue weighted by Gasteiger charge is 2.36. The van der Waals surface area contributed by atoms with Crippen molar-refractivity contribution in [2.45, 2.75) is 32.6 Å². The van der Waals surface area contributed by atoms with E-state index in [1.165, 1.54) is 20.0 Å². The van der Waals surface area contributed by atoms with Gasteiger partial charge in [-0.1, -0.05) is 6.92 Å². The zero-order valence-electron chi connectivity index (χ0n) is 6.64. The Bertz CT molecular complexity index is 136. The smallest absolute Gasteiger partial charge is 0.305 e. The molecule has 1 aliphatic rings. The van der Waals surface area contributed by atoms with Crippen molar-refractivity contribution in [2.75, 3.05) is 7.11 Å². The summed E-state index contributed by atoms with van der Waals surface area (Å²) >= 11 is 0. The Kier molecular flexibility index (Phi) is 1.97. The van der Waals surface area contributed by atoms with E-state index in [0.29, 0.717) is 11.8 Å². The van der Waals surface area contributed by atoms with Gasteiger partial charge in [-0.25, -0.2) is 0 Å². The third-order valence-electron chi connectivity index (χ3n) is 2.26. The summed E-state index contributed by atoms with van der Waals surface area (Å²) < 4.78 is 4.53. The number of esters is 1. The van der Waals surface area contributed by atoms with Gasteiger partial charge < -0.3 is 4.74 Å². The maximum atomic E-state index is 10.7. The second-order valence-corrected chi connectivity index (χ2v) is 3.39. The predicted octanol–water partition coefficient (Wildman–Crippen LogP) is 1.74. The normalized spacial score (nSPS) is 20.2. The van der Waals surface area contributed by atoms with Crippen LogP contribution in [0.25, 0.3) is 0 Å². The van der Waals surface area contributed by atoms with Crippen molar-refractivity contribution in [3.63, 3.8) is 0 Å². The van der Waals surface area contributed by atoms with Crippen molar-refractivity contribution >= 4 is 5.97 Å². The molecule has 1 aliphatic carbocycles. The van der Waals surface area contributed by atoms with Crippen LogP contribution in [0.4, 0.5) is 0 Å².